The summed E-state index contributed by atoms with van der Waals surface area (Å²) in [5, 5.41) is 0.920. The lowest BCUT2D eigenvalue weighted by atomic mass is 10.0. The maximum atomic E-state index is 13.8. The first kappa shape index (κ1) is 39.8. The molecular formula is C30H25BrCl5F3O5. The molecule has 3 aromatic carbocycles. The Morgan fingerprint density at radius 2 is 1.05 bits per heavy atom. The number of rotatable bonds is 6. The number of aryl methyl sites for hydroxylation is 3. The number of ether oxygens (including phenoxy) is 2. The average Bonchev–Trinajstić information content (AvgIpc) is 2.93. The minimum atomic E-state index is -1.07. The van der Waals surface area contributed by atoms with Gasteiger partial charge in [0.1, 0.15) is 21.9 Å². The van der Waals surface area contributed by atoms with Crippen molar-refractivity contribution in [2.75, 3.05) is 13.2 Å². The van der Waals surface area contributed by atoms with Gasteiger partial charge in [0.2, 0.25) is 0 Å². The van der Waals surface area contributed by atoms with Crippen molar-refractivity contribution in [1.82, 2.24) is 0 Å². The van der Waals surface area contributed by atoms with Crippen molar-refractivity contribution in [3.05, 3.63) is 106 Å². The average molecular weight is 780 g/mol. The summed E-state index contributed by atoms with van der Waals surface area (Å²) in [6.07, 6.45) is 0. The van der Waals surface area contributed by atoms with Crippen molar-refractivity contribution in [3.8, 4) is 0 Å². The molecule has 0 aromatic heterocycles. The Balaban J connectivity index is 0.000000343. The summed E-state index contributed by atoms with van der Waals surface area (Å²) in [5.41, 5.74) is 1.43. The van der Waals surface area contributed by atoms with E-state index in [1.807, 2.05) is 6.92 Å². The molecule has 0 aliphatic carbocycles. The standard InChI is InChI=1S/C12H10Cl3FO2.C11H10ClFO3.C7H5BrClF/c1-3-18-12(17)10(11(14)15)7-4-6(2)8(13)5-9(7)16;1-3-16-11(15)10(14)7-4-6(2)8(12)5-9(7)13;1-4-2-5(8)7(10)3-6(4)9/h4-5H,3H2,1-2H3;4-5H,3H2,1-2H3;2-3H,1H3. The highest BCUT2D eigenvalue weighted by Gasteiger charge is 2.23. The molecule has 0 unspecified atom stereocenters. The van der Waals surface area contributed by atoms with E-state index in [1.54, 1.807) is 33.8 Å². The van der Waals surface area contributed by atoms with Crippen molar-refractivity contribution < 1.29 is 37.0 Å². The van der Waals surface area contributed by atoms with Crippen LogP contribution in [0.4, 0.5) is 13.2 Å². The van der Waals surface area contributed by atoms with Gasteiger partial charge >= 0.3 is 11.9 Å². The minimum Gasteiger partial charge on any atom is -0.462 e. The Morgan fingerprint density at radius 1 is 0.659 bits per heavy atom. The largest absolute Gasteiger partial charge is 0.462 e. The maximum Gasteiger partial charge on any atom is 0.379 e. The van der Waals surface area contributed by atoms with Crippen molar-refractivity contribution in [2.24, 2.45) is 0 Å². The summed E-state index contributed by atoms with van der Waals surface area (Å²) in [7, 11) is 0. The second-order valence-corrected chi connectivity index (χ2v) is 11.6. The molecule has 0 saturated heterocycles. The van der Waals surface area contributed by atoms with Crippen LogP contribution < -0.4 is 0 Å². The topological polar surface area (TPSA) is 69.7 Å². The zero-order valence-electron chi connectivity index (χ0n) is 23.8. The molecule has 0 spiro atoms. The predicted octanol–water partition coefficient (Wildman–Crippen LogP) is 10.6. The third-order valence-corrected chi connectivity index (χ3v) is 7.55. The van der Waals surface area contributed by atoms with Gasteiger partial charge in [0.25, 0.3) is 5.78 Å². The van der Waals surface area contributed by atoms with Gasteiger partial charge in [-0.15, -0.1) is 0 Å². The molecule has 0 radical (unpaired) electrons. The molecule has 0 amide bonds. The molecule has 0 atom stereocenters. The Kier molecular flexibility index (Phi) is 16.8. The van der Waals surface area contributed by atoms with Crippen molar-refractivity contribution in [1.29, 1.82) is 0 Å². The Hall–Kier alpha value is -2.27. The van der Waals surface area contributed by atoms with Crippen LogP contribution in [0.25, 0.3) is 5.57 Å². The Bertz CT molecular complexity index is 1530. The molecule has 3 rings (SSSR count). The molecule has 5 nitrogen and oxygen atoms in total. The first-order valence-corrected chi connectivity index (χ1v) is 15.1. The molecule has 0 saturated carbocycles. The number of Topliss-reactive ketones (excluding diaryl/α,β-unsaturated/α-hetero) is 1. The highest BCUT2D eigenvalue weighted by molar-refractivity contribution is 9.10. The molecule has 0 fully saturated rings. The van der Waals surface area contributed by atoms with E-state index in [0.29, 0.717) is 20.6 Å². The van der Waals surface area contributed by atoms with Crippen LogP contribution in [0.5, 0.6) is 0 Å². The van der Waals surface area contributed by atoms with Gasteiger partial charge < -0.3 is 9.47 Å². The van der Waals surface area contributed by atoms with Gasteiger partial charge in [-0.25, -0.2) is 22.8 Å². The molecular weight excluding hydrogens is 754 g/mol. The van der Waals surface area contributed by atoms with Gasteiger partial charge in [-0.05, 0) is 104 Å². The van der Waals surface area contributed by atoms with E-state index >= 15 is 0 Å². The van der Waals surface area contributed by atoms with Crippen LogP contribution in [-0.4, -0.2) is 30.9 Å². The zero-order valence-corrected chi connectivity index (χ0v) is 29.2. The van der Waals surface area contributed by atoms with E-state index in [0.717, 1.165) is 17.7 Å². The fraction of sp³-hybridized carbons (Fsp3) is 0.233. The fourth-order valence-electron chi connectivity index (χ4n) is 3.10. The Morgan fingerprint density at radius 3 is 1.48 bits per heavy atom. The smallest absolute Gasteiger partial charge is 0.379 e. The number of hydrogen-bond acceptors (Lipinski definition) is 5. The van der Waals surface area contributed by atoms with Crippen LogP contribution in [0.2, 0.25) is 15.1 Å². The quantitative estimate of drug-likeness (QED) is 0.0819. The number of halogens is 9. The summed E-state index contributed by atoms with van der Waals surface area (Å²) in [6.45, 7) is 8.51. The van der Waals surface area contributed by atoms with Crippen LogP contribution in [-0.2, 0) is 19.1 Å². The lowest BCUT2D eigenvalue weighted by Gasteiger charge is -2.10. The third kappa shape index (κ3) is 11.6. The first-order chi connectivity index (χ1) is 20.5. The van der Waals surface area contributed by atoms with E-state index in [2.05, 4.69) is 20.7 Å². The van der Waals surface area contributed by atoms with E-state index in [1.165, 1.54) is 18.2 Å². The van der Waals surface area contributed by atoms with E-state index < -0.39 is 29.4 Å². The highest BCUT2D eigenvalue weighted by atomic mass is 79.9. The minimum absolute atomic E-state index is 0.0321. The molecule has 44 heavy (non-hydrogen) atoms. The van der Waals surface area contributed by atoms with Crippen LogP contribution in [0.1, 0.15) is 46.5 Å². The second kappa shape index (κ2) is 18.6. The van der Waals surface area contributed by atoms with Gasteiger partial charge in [-0.3, -0.25) is 4.79 Å². The monoisotopic (exact) mass is 776 g/mol. The number of carbonyl (C=O) groups is 3. The summed E-state index contributed by atoms with van der Waals surface area (Å²) in [6, 6.07) is 7.68. The molecule has 0 bridgehead atoms. The van der Waals surface area contributed by atoms with Gasteiger partial charge in [0.15, 0.2) is 0 Å². The van der Waals surface area contributed by atoms with E-state index in [4.69, 9.17) is 62.7 Å². The number of carbonyl (C=O) groups excluding carboxylic acids is 3. The van der Waals surface area contributed by atoms with Crippen molar-refractivity contribution in [3.63, 3.8) is 0 Å². The zero-order chi connectivity index (χ0) is 33.9. The normalized spacial score (nSPS) is 10.0. The Labute approximate surface area is 286 Å². The van der Waals surface area contributed by atoms with Crippen LogP contribution in [0.15, 0.2) is 45.4 Å². The van der Waals surface area contributed by atoms with Gasteiger partial charge in [-0.2, -0.15) is 0 Å². The number of hydrogen-bond donors (Lipinski definition) is 0. The third-order valence-electron chi connectivity index (χ3n) is 5.34. The fourth-order valence-corrected chi connectivity index (χ4v) is 4.37. The van der Waals surface area contributed by atoms with Crippen molar-refractivity contribution >= 4 is 97.2 Å². The molecule has 3 aromatic rings. The van der Waals surface area contributed by atoms with Crippen LogP contribution in [0, 0.1) is 38.2 Å². The van der Waals surface area contributed by atoms with E-state index in [9.17, 15) is 27.6 Å². The lowest BCUT2D eigenvalue weighted by Crippen LogP contribution is -2.19. The van der Waals surface area contributed by atoms with Crippen LogP contribution in [0.3, 0.4) is 0 Å². The molecule has 0 heterocycles. The maximum absolute atomic E-state index is 13.8. The summed E-state index contributed by atoms with van der Waals surface area (Å²) < 4.78 is 49.2. The molecule has 0 N–H and O–H groups in total. The first-order valence-electron chi connectivity index (χ1n) is 12.4. The van der Waals surface area contributed by atoms with Gasteiger partial charge in [-0.1, -0.05) is 58.0 Å². The predicted molar refractivity (Wildman–Crippen MR) is 172 cm³/mol. The van der Waals surface area contributed by atoms with E-state index in [-0.39, 0.29) is 50.3 Å². The molecule has 238 valence electrons. The molecule has 14 heteroatoms. The lowest BCUT2D eigenvalue weighted by molar-refractivity contribution is -0.137. The van der Waals surface area contributed by atoms with Gasteiger partial charge in [0.05, 0.1) is 28.8 Å². The SMILES string of the molecule is CCOC(=O)C(=C(Cl)Cl)c1cc(C)c(Cl)cc1F.CCOC(=O)C(=O)c1cc(C)c(Cl)cc1F.Cc1cc(Br)c(F)cc1Cl. The number of esters is 2. The second-order valence-electron chi connectivity index (χ2n) is 8.58. The summed E-state index contributed by atoms with van der Waals surface area (Å²) in [4.78, 5) is 34.3. The summed E-state index contributed by atoms with van der Waals surface area (Å²) >= 11 is 31.3. The highest BCUT2D eigenvalue weighted by Crippen LogP contribution is 2.31. The van der Waals surface area contributed by atoms with Crippen molar-refractivity contribution in [2.45, 2.75) is 34.6 Å². The summed E-state index contributed by atoms with van der Waals surface area (Å²) in [5.74, 6) is -4.68. The molecule has 0 aliphatic heterocycles. The molecule has 0 aliphatic rings. The van der Waals surface area contributed by atoms with Crippen LogP contribution >= 0.6 is 73.9 Å². The number of benzene rings is 3. The van der Waals surface area contributed by atoms with Gasteiger partial charge in [0, 0.05) is 20.6 Å². The number of ketones is 1.